The summed E-state index contributed by atoms with van der Waals surface area (Å²) in [6.07, 6.45) is 6.56. The lowest BCUT2D eigenvalue weighted by Gasteiger charge is -2.41. The first-order valence-electron chi connectivity index (χ1n) is 13.6. The van der Waals surface area contributed by atoms with Gasteiger partial charge in [0.1, 0.15) is 37.1 Å². The summed E-state index contributed by atoms with van der Waals surface area (Å²) < 4.78 is 31.8. The van der Waals surface area contributed by atoms with Crippen molar-refractivity contribution in [3.05, 3.63) is 31.0 Å². The molecule has 212 valence electrons. The molecular formula is C27H43FN4O5Si. The van der Waals surface area contributed by atoms with Gasteiger partial charge in [0.25, 0.3) is 5.89 Å². The van der Waals surface area contributed by atoms with E-state index < -0.39 is 25.9 Å². The van der Waals surface area contributed by atoms with Crippen molar-refractivity contribution >= 4 is 25.8 Å². The molecule has 9 nitrogen and oxygen atoms in total. The summed E-state index contributed by atoms with van der Waals surface area (Å²) in [4.78, 5) is 35.2. The van der Waals surface area contributed by atoms with Crippen molar-refractivity contribution in [1.82, 2.24) is 15.2 Å². The molecule has 1 saturated heterocycles. The third-order valence-corrected chi connectivity index (χ3v) is 9.00. The minimum Gasteiger partial charge on any atom is -0.447 e. The number of alkyl halides is 1. The highest BCUT2D eigenvalue weighted by molar-refractivity contribution is 6.76. The number of alkyl carbamates (subject to hydrolysis) is 1. The van der Waals surface area contributed by atoms with Crippen molar-refractivity contribution in [3.63, 3.8) is 0 Å². The van der Waals surface area contributed by atoms with Gasteiger partial charge in [-0.25, -0.2) is 14.2 Å². The third-order valence-electron chi connectivity index (χ3n) is 7.30. The molecule has 2 aliphatic rings. The quantitative estimate of drug-likeness (QED) is 0.138. The number of aromatic nitrogens is 1. The molecule has 2 unspecified atom stereocenters. The second kappa shape index (κ2) is 13.5. The van der Waals surface area contributed by atoms with Crippen LogP contribution in [0.5, 0.6) is 0 Å². The van der Waals surface area contributed by atoms with Gasteiger partial charge in [-0.15, -0.1) is 6.58 Å². The Kier molecular flexibility index (Phi) is 10.7. The fourth-order valence-electron chi connectivity index (χ4n) is 4.93. The van der Waals surface area contributed by atoms with Gasteiger partial charge in [0.2, 0.25) is 5.78 Å². The highest BCUT2D eigenvalue weighted by Gasteiger charge is 2.49. The van der Waals surface area contributed by atoms with Crippen molar-refractivity contribution in [1.29, 1.82) is 0 Å². The van der Waals surface area contributed by atoms with Gasteiger partial charge in [-0.1, -0.05) is 45.5 Å². The molecule has 1 aromatic rings. The smallest absolute Gasteiger partial charge is 0.408 e. The van der Waals surface area contributed by atoms with E-state index in [9.17, 15) is 9.59 Å². The van der Waals surface area contributed by atoms with Gasteiger partial charge in [0.15, 0.2) is 0 Å². The van der Waals surface area contributed by atoms with Gasteiger partial charge in [-0.05, 0) is 25.3 Å². The molecule has 1 N–H and O–H groups in total. The van der Waals surface area contributed by atoms with Gasteiger partial charge in [-0.2, -0.15) is 0 Å². The Balaban J connectivity index is 1.75. The molecule has 11 heteroatoms. The van der Waals surface area contributed by atoms with Gasteiger partial charge < -0.3 is 24.1 Å². The third kappa shape index (κ3) is 7.99. The van der Waals surface area contributed by atoms with Gasteiger partial charge >= 0.3 is 6.09 Å². The molecule has 2 aliphatic heterocycles. The first kappa shape index (κ1) is 30.0. The largest absolute Gasteiger partial charge is 0.447 e. The first-order chi connectivity index (χ1) is 18.1. The Morgan fingerprint density at radius 3 is 2.79 bits per heavy atom. The molecule has 0 spiro atoms. The molecule has 1 aromatic heterocycles. The van der Waals surface area contributed by atoms with Crippen LogP contribution < -0.4 is 5.32 Å². The first-order valence-corrected chi connectivity index (χ1v) is 17.3. The Morgan fingerprint density at radius 1 is 1.37 bits per heavy atom. The normalized spacial score (nSPS) is 25.9. The van der Waals surface area contributed by atoms with Crippen LogP contribution in [0.25, 0.3) is 0 Å². The summed E-state index contributed by atoms with van der Waals surface area (Å²) in [5.74, 6) is 0.295. The molecule has 0 aromatic carbocycles. The zero-order chi connectivity index (χ0) is 27.8. The van der Waals surface area contributed by atoms with Crippen LogP contribution in [0, 0.1) is 5.92 Å². The predicted molar refractivity (Wildman–Crippen MR) is 147 cm³/mol. The van der Waals surface area contributed by atoms with Gasteiger partial charge in [0.05, 0.1) is 12.7 Å². The number of amides is 1. The SMILES string of the molecule is C=CC[C@@H]1[C@H](C)C(F)CN=C(C2(CCCCCC(=O)c3ncco3)COC(=O)N2)N1COCC[Si](C)(C)C. The van der Waals surface area contributed by atoms with Crippen LogP contribution in [0.2, 0.25) is 25.7 Å². The predicted octanol–water partition coefficient (Wildman–Crippen LogP) is 5.23. The second-order valence-corrected chi connectivity index (χ2v) is 17.2. The van der Waals surface area contributed by atoms with Crippen molar-refractivity contribution in [2.75, 3.05) is 26.5 Å². The lowest BCUT2D eigenvalue weighted by Crippen LogP contribution is -2.60. The molecule has 0 bridgehead atoms. The minimum atomic E-state index is -1.29. The number of rotatable bonds is 15. The second-order valence-electron chi connectivity index (χ2n) is 11.6. The van der Waals surface area contributed by atoms with E-state index in [4.69, 9.17) is 18.9 Å². The summed E-state index contributed by atoms with van der Waals surface area (Å²) in [6.45, 7) is 13.7. The summed E-state index contributed by atoms with van der Waals surface area (Å²) in [5, 5.41) is 3.00. The number of hydrogen-bond acceptors (Lipinski definition) is 8. The van der Waals surface area contributed by atoms with Crippen LogP contribution in [0.15, 0.2) is 34.5 Å². The summed E-state index contributed by atoms with van der Waals surface area (Å²) in [5.41, 5.74) is -0.894. The van der Waals surface area contributed by atoms with E-state index in [1.165, 1.54) is 12.5 Å². The molecule has 1 amide bonds. The van der Waals surface area contributed by atoms with Gasteiger partial charge in [0, 0.05) is 33.1 Å². The standard InChI is InChI=1S/C27H43FN4O5Si/c1-6-10-22-20(2)21(28)17-30-25(32(22)19-35-15-16-38(3,4)5)27(18-37-26(34)31-27)12-9-7-8-11-23(33)24-29-13-14-36-24/h6,13-14,20-22H,1,7-12,15-19H2,2-5H3,(H,31,34)/t20-,21?,22-,27?/m1/s1. The zero-order valence-electron chi connectivity index (χ0n) is 23.2. The molecule has 0 aliphatic carbocycles. The van der Waals surface area contributed by atoms with Crippen LogP contribution >= 0.6 is 0 Å². The maximum atomic E-state index is 15.2. The number of nitrogens with one attached hydrogen (secondary N) is 1. The number of Topliss-reactive ketones (excluding diaryl/α,β-unsaturated/α-hetero) is 1. The lowest BCUT2D eigenvalue weighted by atomic mass is 9.88. The van der Waals surface area contributed by atoms with Crippen LogP contribution in [-0.4, -0.2) is 79.9 Å². The average molecular weight is 551 g/mol. The van der Waals surface area contributed by atoms with E-state index >= 15 is 4.39 Å². The maximum Gasteiger partial charge on any atom is 0.408 e. The molecule has 38 heavy (non-hydrogen) atoms. The summed E-state index contributed by atoms with van der Waals surface area (Å²) in [6, 6.07) is 0.793. The van der Waals surface area contributed by atoms with Crippen LogP contribution in [0.3, 0.4) is 0 Å². The Labute approximate surface area is 226 Å². The van der Waals surface area contributed by atoms with E-state index in [0.29, 0.717) is 44.5 Å². The summed E-state index contributed by atoms with van der Waals surface area (Å²) in [7, 11) is -1.29. The van der Waals surface area contributed by atoms with Crippen molar-refractivity contribution in [2.45, 2.75) is 88.9 Å². The Hall–Kier alpha value is -2.53. The Bertz CT molecular complexity index is 967. The number of amidine groups is 1. The van der Waals surface area contributed by atoms with Crippen molar-refractivity contribution < 1.29 is 27.9 Å². The number of carbonyl (C=O) groups is 2. The fourth-order valence-corrected chi connectivity index (χ4v) is 5.69. The number of oxazole rings is 1. The van der Waals surface area contributed by atoms with Crippen molar-refractivity contribution in [3.8, 4) is 0 Å². The summed E-state index contributed by atoms with van der Waals surface area (Å²) >= 11 is 0. The Morgan fingerprint density at radius 2 is 2.16 bits per heavy atom. The molecule has 3 rings (SSSR count). The van der Waals surface area contributed by atoms with E-state index in [2.05, 4.69) is 36.5 Å². The van der Waals surface area contributed by atoms with E-state index in [-0.39, 0.29) is 43.5 Å². The van der Waals surface area contributed by atoms with E-state index in [1.54, 1.807) is 6.08 Å². The number of halogens is 1. The number of unbranched alkanes of at least 4 members (excludes halogenated alkanes) is 2. The molecule has 4 atom stereocenters. The number of ketones is 1. The van der Waals surface area contributed by atoms with E-state index in [0.717, 1.165) is 12.5 Å². The van der Waals surface area contributed by atoms with Crippen LogP contribution in [0.1, 0.15) is 56.1 Å². The molecule has 0 saturated carbocycles. The highest BCUT2D eigenvalue weighted by atomic mass is 28.3. The maximum absolute atomic E-state index is 15.2. The lowest BCUT2D eigenvalue weighted by molar-refractivity contribution is 0.0288. The minimum absolute atomic E-state index is 0.0117. The van der Waals surface area contributed by atoms with Crippen LogP contribution in [-0.2, 0) is 9.47 Å². The number of carbonyl (C=O) groups excluding carboxylic acids is 2. The fraction of sp³-hybridized carbons (Fsp3) is 0.704. The van der Waals surface area contributed by atoms with Crippen LogP contribution in [0.4, 0.5) is 9.18 Å². The molecular weight excluding hydrogens is 507 g/mol. The van der Waals surface area contributed by atoms with E-state index in [1.807, 2.05) is 11.8 Å². The molecule has 1 fully saturated rings. The highest BCUT2D eigenvalue weighted by Crippen LogP contribution is 2.32. The monoisotopic (exact) mass is 550 g/mol. The number of hydrogen-bond donors (Lipinski definition) is 1. The zero-order valence-corrected chi connectivity index (χ0v) is 24.2. The molecule has 3 heterocycles. The van der Waals surface area contributed by atoms with Gasteiger partial charge in [-0.3, -0.25) is 9.79 Å². The van der Waals surface area contributed by atoms with Crippen molar-refractivity contribution in [2.24, 2.45) is 10.9 Å². The number of nitrogens with zero attached hydrogens (tertiary/aromatic N) is 3. The average Bonchev–Trinajstić information content (AvgIpc) is 3.51. The number of aliphatic imine (C=N–C) groups is 1. The number of cyclic esters (lactones) is 1. The topological polar surface area (TPSA) is 106 Å². The number of ether oxygens (including phenoxy) is 2. The molecule has 0 radical (unpaired) electrons.